The number of aryl methyl sites for hydroxylation is 1. The number of halogens is 1. The number of nitrogens with one attached hydrogen (secondary N) is 2. The van der Waals surface area contributed by atoms with Crippen molar-refractivity contribution in [2.45, 2.75) is 57.0 Å². The maximum absolute atomic E-state index is 13.7. The number of urea groups is 1. The van der Waals surface area contributed by atoms with E-state index < -0.39 is 6.04 Å². The molecule has 0 radical (unpaired) electrons. The lowest BCUT2D eigenvalue weighted by Gasteiger charge is -2.24. The summed E-state index contributed by atoms with van der Waals surface area (Å²) in [5.41, 5.74) is 0.673. The minimum atomic E-state index is -0.501. The Morgan fingerprint density at radius 1 is 1.23 bits per heavy atom. The van der Waals surface area contributed by atoms with Gasteiger partial charge >= 0.3 is 6.03 Å². The topological polar surface area (TPSA) is 59.0 Å². The molecule has 2 amide bonds. The molecule has 2 aromatic rings. The first-order chi connectivity index (χ1) is 12.6. The van der Waals surface area contributed by atoms with Crippen molar-refractivity contribution in [2.75, 3.05) is 0 Å². The van der Waals surface area contributed by atoms with Crippen molar-refractivity contribution >= 4 is 6.03 Å². The SMILES string of the molecule is Cn1ccnc1[C@@H](NC(=O)NC1CCCCCCC1)c1cccc(F)c1. The highest BCUT2D eigenvalue weighted by molar-refractivity contribution is 5.75. The molecule has 1 aromatic heterocycles. The Labute approximate surface area is 154 Å². The second kappa shape index (κ2) is 8.83. The van der Waals surface area contributed by atoms with E-state index in [0.29, 0.717) is 11.4 Å². The van der Waals surface area contributed by atoms with Crippen LogP contribution in [0.1, 0.15) is 62.4 Å². The van der Waals surface area contributed by atoms with Crippen LogP contribution < -0.4 is 10.6 Å². The fourth-order valence-corrected chi connectivity index (χ4v) is 3.60. The van der Waals surface area contributed by atoms with Crippen molar-refractivity contribution in [3.8, 4) is 0 Å². The quantitative estimate of drug-likeness (QED) is 0.866. The van der Waals surface area contributed by atoms with Gasteiger partial charge in [0.05, 0.1) is 0 Å². The van der Waals surface area contributed by atoms with E-state index in [4.69, 9.17) is 0 Å². The highest BCUT2D eigenvalue weighted by atomic mass is 19.1. The number of hydrogen-bond acceptors (Lipinski definition) is 2. The van der Waals surface area contributed by atoms with Crippen LogP contribution in [-0.2, 0) is 7.05 Å². The third-order valence-corrected chi connectivity index (χ3v) is 5.01. The highest BCUT2D eigenvalue weighted by Crippen LogP contribution is 2.22. The number of imidazole rings is 1. The number of amides is 2. The first-order valence-corrected chi connectivity index (χ1v) is 9.43. The third-order valence-electron chi connectivity index (χ3n) is 5.01. The van der Waals surface area contributed by atoms with Crippen LogP contribution in [0.15, 0.2) is 36.7 Å². The predicted molar refractivity (Wildman–Crippen MR) is 99.2 cm³/mol. The molecule has 1 fully saturated rings. The molecule has 5 nitrogen and oxygen atoms in total. The number of carbonyl (C=O) groups excluding carboxylic acids is 1. The molecule has 1 aliphatic rings. The van der Waals surface area contributed by atoms with Gasteiger partial charge in [-0.1, -0.05) is 44.2 Å². The van der Waals surface area contributed by atoms with Crippen LogP contribution >= 0.6 is 0 Å². The minimum absolute atomic E-state index is 0.199. The van der Waals surface area contributed by atoms with Gasteiger partial charge in [0.25, 0.3) is 0 Å². The van der Waals surface area contributed by atoms with E-state index >= 15 is 0 Å². The van der Waals surface area contributed by atoms with Gasteiger partial charge in [0.15, 0.2) is 0 Å². The van der Waals surface area contributed by atoms with E-state index in [1.807, 2.05) is 17.8 Å². The Kier molecular flexibility index (Phi) is 6.26. The molecular weight excluding hydrogens is 331 g/mol. The summed E-state index contributed by atoms with van der Waals surface area (Å²) in [7, 11) is 1.86. The van der Waals surface area contributed by atoms with Crippen molar-refractivity contribution in [1.82, 2.24) is 20.2 Å². The van der Waals surface area contributed by atoms with Gasteiger partial charge in [0, 0.05) is 25.5 Å². The molecule has 1 atom stereocenters. The van der Waals surface area contributed by atoms with Crippen LogP contribution in [0.2, 0.25) is 0 Å². The Morgan fingerprint density at radius 2 is 1.96 bits per heavy atom. The molecule has 6 heteroatoms. The highest BCUT2D eigenvalue weighted by Gasteiger charge is 2.22. The zero-order valence-electron chi connectivity index (χ0n) is 15.2. The van der Waals surface area contributed by atoms with Gasteiger partial charge in [0.2, 0.25) is 0 Å². The second-order valence-electron chi connectivity index (χ2n) is 7.04. The smallest absolute Gasteiger partial charge is 0.315 e. The Bertz CT molecular complexity index is 722. The number of aromatic nitrogens is 2. The third kappa shape index (κ3) is 4.84. The molecule has 140 valence electrons. The maximum atomic E-state index is 13.7. The normalized spacial score (nSPS) is 17.2. The number of carbonyl (C=O) groups is 1. The summed E-state index contributed by atoms with van der Waals surface area (Å²) in [5, 5.41) is 6.09. The molecule has 0 bridgehead atoms. The van der Waals surface area contributed by atoms with Gasteiger partial charge < -0.3 is 15.2 Å². The molecule has 1 aliphatic carbocycles. The zero-order valence-corrected chi connectivity index (χ0v) is 15.2. The van der Waals surface area contributed by atoms with Gasteiger partial charge in [-0.3, -0.25) is 0 Å². The summed E-state index contributed by atoms with van der Waals surface area (Å²) in [6.07, 6.45) is 11.6. The fourth-order valence-electron chi connectivity index (χ4n) is 3.60. The Balaban J connectivity index is 1.73. The number of nitrogens with zero attached hydrogens (tertiary/aromatic N) is 2. The summed E-state index contributed by atoms with van der Waals surface area (Å²) >= 11 is 0. The van der Waals surface area contributed by atoms with Gasteiger partial charge in [-0.15, -0.1) is 0 Å². The van der Waals surface area contributed by atoms with Crippen LogP contribution in [-0.4, -0.2) is 21.6 Å². The van der Waals surface area contributed by atoms with Gasteiger partial charge in [-0.05, 0) is 30.5 Å². The maximum Gasteiger partial charge on any atom is 0.315 e. The van der Waals surface area contributed by atoms with Crippen LogP contribution in [0.3, 0.4) is 0 Å². The molecule has 0 saturated heterocycles. The van der Waals surface area contributed by atoms with Gasteiger partial charge in [0.1, 0.15) is 17.7 Å². The molecule has 0 unspecified atom stereocenters. The molecule has 26 heavy (non-hydrogen) atoms. The monoisotopic (exact) mass is 358 g/mol. The molecule has 1 saturated carbocycles. The summed E-state index contributed by atoms with van der Waals surface area (Å²) in [5.74, 6) is 0.340. The van der Waals surface area contributed by atoms with Crippen molar-refractivity contribution < 1.29 is 9.18 Å². The lowest BCUT2D eigenvalue weighted by molar-refractivity contribution is 0.231. The van der Waals surface area contributed by atoms with E-state index in [-0.39, 0.29) is 17.9 Å². The standard InChI is InChI=1S/C20H27FN4O/c1-25-13-12-22-19(25)18(15-8-7-9-16(21)14-15)24-20(26)23-17-10-5-3-2-4-6-11-17/h7-9,12-14,17-18H,2-6,10-11H2,1H3,(H2,23,24,26)/t18-/m0/s1. The van der Waals surface area contributed by atoms with Gasteiger partial charge in [-0.25, -0.2) is 14.2 Å². The summed E-state index contributed by atoms with van der Waals surface area (Å²) in [4.78, 5) is 17.0. The lowest BCUT2D eigenvalue weighted by Crippen LogP contribution is -2.44. The second-order valence-corrected chi connectivity index (χ2v) is 7.04. The largest absolute Gasteiger partial charge is 0.336 e. The summed E-state index contributed by atoms with van der Waals surface area (Å²) < 4.78 is 15.5. The minimum Gasteiger partial charge on any atom is -0.336 e. The zero-order chi connectivity index (χ0) is 18.4. The van der Waals surface area contributed by atoms with Gasteiger partial charge in [-0.2, -0.15) is 0 Å². The van der Waals surface area contributed by atoms with Crippen LogP contribution in [0.5, 0.6) is 0 Å². The molecule has 0 spiro atoms. The molecule has 1 heterocycles. The molecule has 1 aromatic carbocycles. The lowest BCUT2D eigenvalue weighted by atomic mass is 9.97. The van der Waals surface area contributed by atoms with Crippen LogP contribution in [0.25, 0.3) is 0 Å². The molecule has 3 rings (SSSR count). The number of hydrogen-bond donors (Lipinski definition) is 2. The Morgan fingerprint density at radius 3 is 2.62 bits per heavy atom. The summed E-state index contributed by atoms with van der Waals surface area (Å²) in [6.45, 7) is 0. The van der Waals surface area contributed by atoms with E-state index in [0.717, 1.165) is 25.7 Å². The van der Waals surface area contributed by atoms with Crippen molar-refractivity contribution in [3.05, 3.63) is 53.9 Å². The first kappa shape index (κ1) is 18.4. The average Bonchev–Trinajstić information content (AvgIpc) is 3.01. The number of benzene rings is 1. The molecule has 0 aliphatic heterocycles. The van der Waals surface area contributed by atoms with Crippen molar-refractivity contribution in [2.24, 2.45) is 7.05 Å². The summed E-state index contributed by atoms with van der Waals surface area (Å²) in [6, 6.07) is 5.76. The van der Waals surface area contributed by atoms with E-state index in [2.05, 4.69) is 15.6 Å². The number of rotatable bonds is 4. The molecular formula is C20H27FN4O. The van der Waals surface area contributed by atoms with E-state index in [9.17, 15) is 9.18 Å². The van der Waals surface area contributed by atoms with Crippen molar-refractivity contribution in [1.29, 1.82) is 0 Å². The molecule has 2 N–H and O–H groups in total. The average molecular weight is 358 g/mol. The Hall–Kier alpha value is -2.37. The van der Waals surface area contributed by atoms with Crippen LogP contribution in [0, 0.1) is 5.82 Å². The van der Waals surface area contributed by atoms with E-state index in [1.165, 1.54) is 31.4 Å². The van der Waals surface area contributed by atoms with Crippen molar-refractivity contribution in [3.63, 3.8) is 0 Å². The first-order valence-electron chi connectivity index (χ1n) is 9.43. The fraction of sp³-hybridized carbons (Fsp3) is 0.500. The van der Waals surface area contributed by atoms with E-state index in [1.54, 1.807) is 18.3 Å². The predicted octanol–water partition coefficient (Wildman–Crippen LogP) is 4.06. The van der Waals surface area contributed by atoms with Crippen LogP contribution in [0.4, 0.5) is 9.18 Å².